The standard InChI is InChI=1S/C59H40N2/c1-37-9-6-12-40-21-22-42-14-8-16-53(58(42)56(37)40)52-15-7-13-41-23-28-50-35-48(29-31-51(50)57(41)52)47-27-26-45-33-44(24-25-46(45)34-47)38-17-19-39(20-18-38)49-30-32-55-54(36-49)60-59(61(55)2)43-10-4-3-5-11-43/h3-36H,1-2H3. The summed E-state index contributed by atoms with van der Waals surface area (Å²) in [7, 11) is 2.09. The lowest BCUT2D eigenvalue weighted by atomic mass is 9.88. The van der Waals surface area contributed by atoms with Crippen molar-refractivity contribution in [2.75, 3.05) is 0 Å². The number of benzene rings is 11. The molecule has 0 bridgehead atoms. The normalized spacial score (nSPS) is 11.8. The van der Waals surface area contributed by atoms with E-state index >= 15 is 0 Å². The van der Waals surface area contributed by atoms with Gasteiger partial charge in [0.05, 0.1) is 11.0 Å². The third-order valence-electron chi connectivity index (χ3n) is 12.9. The molecule has 2 nitrogen and oxygen atoms in total. The van der Waals surface area contributed by atoms with E-state index in [4.69, 9.17) is 4.98 Å². The summed E-state index contributed by atoms with van der Waals surface area (Å²) in [6, 6.07) is 75.8. The van der Waals surface area contributed by atoms with E-state index in [1.54, 1.807) is 0 Å². The van der Waals surface area contributed by atoms with Crippen LogP contribution in [0.25, 0.3) is 121 Å². The molecule has 1 aromatic heterocycles. The zero-order valence-corrected chi connectivity index (χ0v) is 34.0. The van der Waals surface area contributed by atoms with Crippen molar-refractivity contribution in [1.82, 2.24) is 9.55 Å². The Bertz CT molecular complexity index is 3700. The van der Waals surface area contributed by atoms with Crippen molar-refractivity contribution in [3.63, 3.8) is 0 Å². The van der Waals surface area contributed by atoms with E-state index in [0.29, 0.717) is 0 Å². The van der Waals surface area contributed by atoms with Crippen LogP contribution in [0.5, 0.6) is 0 Å². The molecule has 11 aromatic carbocycles. The highest BCUT2D eigenvalue weighted by Crippen LogP contribution is 2.42. The molecular weight excluding hydrogens is 737 g/mol. The van der Waals surface area contributed by atoms with Gasteiger partial charge in [-0.15, -0.1) is 0 Å². The second-order valence-electron chi connectivity index (χ2n) is 16.5. The van der Waals surface area contributed by atoms with Crippen LogP contribution in [0.1, 0.15) is 5.56 Å². The Hall–Kier alpha value is -7.81. The minimum absolute atomic E-state index is 0.980. The fourth-order valence-corrected chi connectivity index (χ4v) is 9.77. The summed E-state index contributed by atoms with van der Waals surface area (Å²) in [5.74, 6) is 0.980. The molecule has 0 unspecified atom stereocenters. The Morgan fingerprint density at radius 1 is 0.344 bits per heavy atom. The summed E-state index contributed by atoms with van der Waals surface area (Å²) in [6.07, 6.45) is 0. The zero-order valence-electron chi connectivity index (χ0n) is 34.0. The number of imidazole rings is 1. The van der Waals surface area contributed by atoms with Crippen LogP contribution in [0, 0.1) is 6.92 Å². The molecule has 0 fully saturated rings. The third-order valence-corrected chi connectivity index (χ3v) is 12.9. The molecular formula is C59H40N2. The van der Waals surface area contributed by atoms with Gasteiger partial charge in [-0.3, -0.25) is 0 Å². The van der Waals surface area contributed by atoms with Crippen molar-refractivity contribution in [2.45, 2.75) is 6.92 Å². The predicted molar refractivity (Wildman–Crippen MR) is 260 cm³/mol. The molecule has 2 heteroatoms. The number of rotatable bonds is 5. The maximum absolute atomic E-state index is 5.01. The Balaban J connectivity index is 0.860. The van der Waals surface area contributed by atoms with Gasteiger partial charge in [0.25, 0.3) is 0 Å². The molecule has 0 N–H and O–H groups in total. The van der Waals surface area contributed by atoms with E-state index in [0.717, 1.165) is 22.4 Å². The summed E-state index contributed by atoms with van der Waals surface area (Å²) < 4.78 is 2.17. The van der Waals surface area contributed by atoms with Crippen LogP contribution in [0.15, 0.2) is 206 Å². The Morgan fingerprint density at radius 2 is 0.836 bits per heavy atom. The smallest absolute Gasteiger partial charge is 0.140 e. The number of aromatic nitrogens is 2. The lowest BCUT2D eigenvalue weighted by molar-refractivity contribution is 0.959. The van der Waals surface area contributed by atoms with Crippen molar-refractivity contribution >= 4 is 64.9 Å². The van der Waals surface area contributed by atoms with Gasteiger partial charge in [-0.05, 0) is 141 Å². The first-order valence-corrected chi connectivity index (χ1v) is 21.1. The summed E-state index contributed by atoms with van der Waals surface area (Å²) in [5.41, 5.74) is 14.3. The third kappa shape index (κ3) is 5.83. The minimum Gasteiger partial charge on any atom is -0.327 e. The fraction of sp³-hybridized carbons (Fsp3) is 0.0339. The molecule has 0 amide bonds. The Morgan fingerprint density at radius 3 is 1.52 bits per heavy atom. The SMILES string of the molecule is Cc1cccc2ccc3cccc(-c4cccc5ccc6cc(-c7ccc8cc(-c9ccc(-c%10ccc%11c(c%10)nc(-c%10ccccc%10)n%11C)cc9)ccc8c7)ccc6c45)c3c12. The van der Waals surface area contributed by atoms with Gasteiger partial charge in [0, 0.05) is 12.6 Å². The Kier molecular flexibility index (Phi) is 8.01. The first-order valence-electron chi connectivity index (χ1n) is 21.1. The molecule has 0 saturated heterocycles. The fourth-order valence-electron chi connectivity index (χ4n) is 9.77. The van der Waals surface area contributed by atoms with E-state index < -0.39 is 0 Å². The molecule has 0 aliphatic carbocycles. The predicted octanol–water partition coefficient (Wildman–Crippen LogP) is 16.0. The van der Waals surface area contributed by atoms with Crippen LogP contribution < -0.4 is 0 Å². The van der Waals surface area contributed by atoms with E-state index in [1.165, 1.54) is 104 Å². The van der Waals surface area contributed by atoms with Gasteiger partial charge in [-0.25, -0.2) is 4.98 Å². The average molecular weight is 777 g/mol. The van der Waals surface area contributed by atoms with Crippen LogP contribution in [-0.4, -0.2) is 9.55 Å². The first kappa shape index (κ1) is 35.2. The molecule has 0 spiro atoms. The van der Waals surface area contributed by atoms with Crippen LogP contribution in [0.4, 0.5) is 0 Å². The molecule has 1 heterocycles. The molecule has 0 atom stereocenters. The molecule has 61 heavy (non-hydrogen) atoms. The lowest BCUT2D eigenvalue weighted by Crippen LogP contribution is -1.91. The first-order chi connectivity index (χ1) is 30.0. The van der Waals surface area contributed by atoms with Crippen molar-refractivity contribution < 1.29 is 0 Å². The number of hydrogen-bond acceptors (Lipinski definition) is 1. The highest BCUT2D eigenvalue weighted by molar-refractivity contribution is 6.21. The van der Waals surface area contributed by atoms with Gasteiger partial charge in [0.15, 0.2) is 0 Å². The van der Waals surface area contributed by atoms with Crippen LogP contribution >= 0.6 is 0 Å². The van der Waals surface area contributed by atoms with E-state index in [-0.39, 0.29) is 0 Å². The van der Waals surface area contributed by atoms with Gasteiger partial charge >= 0.3 is 0 Å². The van der Waals surface area contributed by atoms with Crippen molar-refractivity contribution in [1.29, 1.82) is 0 Å². The van der Waals surface area contributed by atoms with Crippen LogP contribution in [-0.2, 0) is 7.05 Å². The van der Waals surface area contributed by atoms with E-state index in [1.807, 2.05) is 6.07 Å². The second kappa shape index (κ2) is 13.9. The summed E-state index contributed by atoms with van der Waals surface area (Å²) in [4.78, 5) is 5.01. The molecule has 0 saturated carbocycles. The van der Waals surface area contributed by atoms with Gasteiger partial charge in [0.1, 0.15) is 5.82 Å². The van der Waals surface area contributed by atoms with Gasteiger partial charge in [-0.1, -0.05) is 176 Å². The Labute approximate surface area is 354 Å². The monoisotopic (exact) mass is 776 g/mol. The van der Waals surface area contributed by atoms with E-state index in [9.17, 15) is 0 Å². The van der Waals surface area contributed by atoms with Crippen molar-refractivity contribution in [3.05, 3.63) is 212 Å². The number of hydrogen-bond donors (Lipinski definition) is 0. The maximum Gasteiger partial charge on any atom is 0.140 e. The molecule has 286 valence electrons. The molecule has 12 aromatic rings. The molecule has 0 radical (unpaired) electrons. The number of fused-ring (bicyclic) bond motifs is 8. The second-order valence-corrected chi connectivity index (χ2v) is 16.5. The maximum atomic E-state index is 5.01. The van der Waals surface area contributed by atoms with E-state index in [2.05, 4.69) is 219 Å². The highest BCUT2D eigenvalue weighted by Gasteiger charge is 2.15. The summed E-state index contributed by atoms with van der Waals surface area (Å²) in [6.45, 7) is 2.23. The molecule has 0 aliphatic rings. The molecule has 12 rings (SSSR count). The van der Waals surface area contributed by atoms with Crippen molar-refractivity contribution in [3.8, 4) is 55.9 Å². The summed E-state index contributed by atoms with van der Waals surface area (Å²) >= 11 is 0. The quantitative estimate of drug-likeness (QED) is 0.159. The highest BCUT2D eigenvalue weighted by atomic mass is 15.1. The number of aryl methyl sites for hydroxylation is 2. The average Bonchev–Trinajstić information content (AvgIpc) is 3.65. The van der Waals surface area contributed by atoms with Gasteiger partial charge in [-0.2, -0.15) is 0 Å². The lowest BCUT2D eigenvalue weighted by Gasteiger charge is -2.16. The topological polar surface area (TPSA) is 17.8 Å². The van der Waals surface area contributed by atoms with Gasteiger partial charge < -0.3 is 4.57 Å². The van der Waals surface area contributed by atoms with Crippen molar-refractivity contribution in [2.24, 2.45) is 7.05 Å². The minimum atomic E-state index is 0.980. The summed E-state index contributed by atoms with van der Waals surface area (Å²) in [5, 5.41) is 12.8. The largest absolute Gasteiger partial charge is 0.327 e. The van der Waals surface area contributed by atoms with Gasteiger partial charge in [0.2, 0.25) is 0 Å². The molecule has 0 aliphatic heterocycles. The van der Waals surface area contributed by atoms with Crippen LogP contribution in [0.3, 0.4) is 0 Å². The number of nitrogens with zero attached hydrogens (tertiary/aromatic N) is 2. The van der Waals surface area contributed by atoms with Crippen LogP contribution in [0.2, 0.25) is 0 Å². The zero-order chi connectivity index (χ0) is 40.6.